The minimum atomic E-state index is 0.0570. The van der Waals surface area contributed by atoms with Crippen molar-refractivity contribution in [2.45, 2.75) is 38.8 Å². The molecule has 0 spiro atoms. The molecule has 1 rings (SSSR count). The molecule has 1 unspecified atom stereocenters. The highest BCUT2D eigenvalue weighted by Gasteiger charge is 2.05. The van der Waals surface area contributed by atoms with Gasteiger partial charge in [-0.1, -0.05) is 18.2 Å². The Hall–Kier alpha value is -1.55. The highest BCUT2D eigenvalue weighted by molar-refractivity contribution is 5.75. The van der Waals surface area contributed by atoms with Gasteiger partial charge in [-0.25, -0.2) is 0 Å². The molecule has 4 heteroatoms. The number of nitrogens with one attached hydrogen (secondary N) is 1. The van der Waals surface area contributed by atoms with Crippen molar-refractivity contribution >= 4 is 5.91 Å². The van der Waals surface area contributed by atoms with Gasteiger partial charge < -0.3 is 15.8 Å². The third kappa shape index (κ3) is 5.19. The first-order valence-electron chi connectivity index (χ1n) is 6.27. The van der Waals surface area contributed by atoms with E-state index in [1.807, 2.05) is 31.2 Å². The summed E-state index contributed by atoms with van der Waals surface area (Å²) in [4.78, 5) is 11.6. The summed E-state index contributed by atoms with van der Waals surface area (Å²) in [5.41, 5.74) is 6.62. The second kappa shape index (κ2) is 7.71. The number of benzene rings is 1. The molecule has 100 valence electrons. The Balaban J connectivity index is 2.33. The van der Waals surface area contributed by atoms with Crippen LogP contribution in [-0.2, 0) is 11.3 Å². The van der Waals surface area contributed by atoms with Crippen molar-refractivity contribution in [1.82, 2.24) is 5.32 Å². The maximum atomic E-state index is 11.6. The normalized spacial score (nSPS) is 11.9. The monoisotopic (exact) mass is 250 g/mol. The van der Waals surface area contributed by atoms with Crippen LogP contribution in [0.15, 0.2) is 24.3 Å². The lowest BCUT2D eigenvalue weighted by Gasteiger charge is -2.09. The number of para-hydroxylation sites is 1. The summed E-state index contributed by atoms with van der Waals surface area (Å²) >= 11 is 0. The number of hydrogen-bond donors (Lipinski definition) is 2. The minimum absolute atomic E-state index is 0.0570. The van der Waals surface area contributed by atoms with Gasteiger partial charge in [-0.2, -0.15) is 0 Å². The molecule has 0 saturated carbocycles. The molecule has 1 aromatic carbocycles. The predicted molar refractivity (Wildman–Crippen MR) is 72.3 cm³/mol. The van der Waals surface area contributed by atoms with E-state index in [2.05, 4.69) is 5.32 Å². The number of carbonyl (C=O) groups is 1. The van der Waals surface area contributed by atoms with E-state index in [4.69, 9.17) is 10.5 Å². The lowest BCUT2D eigenvalue weighted by atomic mass is 10.1. The number of nitrogens with two attached hydrogens (primary N) is 1. The molecule has 0 heterocycles. The molecule has 0 aliphatic heterocycles. The molecular formula is C14H22N2O2. The van der Waals surface area contributed by atoms with Crippen molar-refractivity contribution in [3.05, 3.63) is 29.8 Å². The van der Waals surface area contributed by atoms with Gasteiger partial charge in [-0.15, -0.1) is 0 Å². The molecule has 0 bridgehead atoms. The summed E-state index contributed by atoms with van der Waals surface area (Å²) in [7, 11) is 1.63. The zero-order chi connectivity index (χ0) is 13.4. The molecule has 0 radical (unpaired) electrons. The van der Waals surface area contributed by atoms with Crippen LogP contribution in [0.1, 0.15) is 31.7 Å². The number of amides is 1. The SMILES string of the molecule is COc1ccccc1CNC(=O)CCCC(C)N. The predicted octanol–water partition coefficient (Wildman–Crippen LogP) is 1.83. The Bertz CT molecular complexity index is 378. The standard InChI is InChI=1S/C14H22N2O2/c1-11(15)6-5-9-14(17)16-10-12-7-3-4-8-13(12)18-2/h3-4,7-8,11H,5-6,9-10,15H2,1-2H3,(H,16,17). The average molecular weight is 250 g/mol. The molecule has 0 aliphatic carbocycles. The second-order valence-electron chi connectivity index (χ2n) is 4.46. The topological polar surface area (TPSA) is 64.3 Å². The number of carbonyl (C=O) groups excluding carboxylic acids is 1. The maximum absolute atomic E-state index is 11.6. The smallest absolute Gasteiger partial charge is 0.220 e. The number of ether oxygens (including phenoxy) is 1. The molecule has 0 aromatic heterocycles. The van der Waals surface area contributed by atoms with E-state index < -0.39 is 0 Å². The lowest BCUT2D eigenvalue weighted by Crippen LogP contribution is -2.23. The van der Waals surface area contributed by atoms with Gasteiger partial charge in [0.2, 0.25) is 5.91 Å². The highest BCUT2D eigenvalue weighted by Crippen LogP contribution is 2.16. The first-order valence-corrected chi connectivity index (χ1v) is 6.27. The molecule has 0 fully saturated rings. The molecule has 3 N–H and O–H groups in total. The quantitative estimate of drug-likeness (QED) is 0.776. The van der Waals surface area contributed by atoms with E-state index in [0.717, 1.165) is 24.2 Å². The summed E-state index contributed by atoms with van der Waals surface area (Å²) in [6.07, 6.45) is 2.23. The first-order chi connectivity index (χ1) is 8.63. The van der Waals surface area contributed by atoms with Crippen molar-refractivity contribution in [3.8, 4) is 5.75 Å². The third-order valence-electron chi connectivity index (χ3n) is 2.73. The van der Waals surface area contributed by atoms with Gasteiger partial charge in [0.1, 0.15) is 5.75 Å². The molecule has 1 atom stereocenters. The van der Waals surface area contributed by atoms with Gasteiger partial charge in [0, 0.05) is 24.6 Å². The Morgan fingerprint density at radius 1 is 1.44 bits per heavy atom. The highest BCUT2D eigenvalue weighted by atomic mass is 16.5. The fourth-order valence-corrected chi connectivity index (χ4v) is 1.72. The van der Waals surface area contributed by atoms with Gasteiger partial charge in [0.25, 0.3) is 0 Å². The van der Waals surface area contributed by atoms with Crippen LogP contribution >= 0.6 is 0 Å². The molecule has 1 amide bonds. The van der Waals surface area contributed by atoms with Crippen molar-refractivity contribution in [2.75, 3.05) is 7.11 Å². The summed E-state index contributed by atoms with van der Waals surface area (Å²) in [6.45, 7) is 2.45. The fourth-order valence-electron chi connectivity index (χ4n) is 1.72. The van der Waals surface area contributed by atoms with Crippen LogP contribution in [0.25, 0.3) is 0 Å². The summed E-state index contributed by atoms with van der Waals surface area (Å²) in [5, 5.41) is 2.89. The van der Waals surface area contributed by atoms with E-state index in [-0.39, 0.29) is 11.9 Å². The van der Waals surface area contributed by atoms with E-state index in [9.17, 15) is 4.79 Å². The van der Waals surface area contributed by atoms with Crippen molar-refractivity contribution < 1.29 is 9.53 Å². The lowest BCUT2D eigenvalue weighted by molar-refractivity contribution is -0.121. The van der Waals surface area contributed by atoms with Crippen LogP contribution in [-0.4, -0.2) is 19.1 Å². The Labute approximate surface area is 109 Å². The minimum Gasteiger partial charge on any atom is -0.496 e. The molecular weight excluding hydrogens is 228 g/mol. The molecule has 18 heavy (non-hydrogen) atoms. The van der Waals surface area contributed by atoms with Crippen molar-refractivity contribution in [3.63, 3.8) is 0 Å². The molecule has 0 saturated heterocycles. The van der Waals surface area contributed by atoms with Gasteiger partial charge in [-0.05, 0) is 25.8 Å². The Morgan fingerprint density at radius 3 is 2.83 bits per heavy atom. The van der Waals surface area contributed by atoms with Gasteiger partial charge in [0.05, 0.1) is 7.11 Å². The summed E-state index contributed by atoms with van der Waals surface area (Å²) in [6, 6.07) is 7.83. The maximum Gasteiger partial charge on any atom is 0.220 e. The third-order valence-corrected chi connectivity index (χ3v) is 2.73. The van der Waals surface area contributed by atoms with Crippen LogP contribution in [0, 0.1) is 0 Å². The van der Waals surface area contributed by atoms with Crippen LogP contribution in [0.4, 0.5) is 0 Å². The zero-order valence-corrected chi connectivity index (χ0v) is 11.1. The molecule has 4 nitrogen and oxygen atoms in total. The van der Waals surface area contributed by atoms with Crippen LogP contribution in [0.2, 0.25) is 0 Å². The summed E-state index contributed by atoms with van der Waals surface area (Å²) in [5.74, 6) is 0.856. The average Bonchev–Trinajstić information content (AvgIpc) is 2.36. The number of hydrogen-bond acceptors (Lipinski definition) is 3. The first kappa shape index (κ1) is 14.5. The Morgan fingerprint density at radius 2 is 2.17 bits per heavy atom. The number of rotatable bonds is 7. The van der Waals surface area contributed by atoms with E-state index in [1.165, 1.54) is 0 Å². The number of methoxy groups -OCH3 is 1. The largest absolute Gasteiger partial charge is 0.496 e. The van der Waals surface area contributed by atoms with Crippen LogP contribution in [0.5, 0.6) is 5.75 Å². The second-order valence-corrected chi connectivity index (χ2v) is 4.46. The van der Waals surface area contributed by atoms with Gasteiger partial charge >= 0.3 is 0 Å². The van der Waals surface area contributed by atoms with Gasteiger partial charge in [0.15, 0.2) is 0 Å². The van der Waals surface area contributed by atoms with E-state index in [1.54, 1.807) is 7.11 Å². The van der Waals surface area contributed by atoms with Crippen molar-refractivity contribution in [2.24, 2.45) is 5.73 Å². The molecule has 0 aliphatic rings. The Kier molecular flexibility index (Phi) is 6.22. The van der Waals surface area contributed by atoms with Crippen molar-refractivity contribution in [1.29, 1.82) is 0 Å². The van der Waals surface area contributed by atoms with Gasteiger partial charge in [-0.3, -0.25) is 4.79 Å². The van der Waals surface area contributed by atoms with Crippen LogP contribution < -0.4 is 15.8 Å². The zero-order valence-electron chi connectivity index (χ0n) is 11.1. The van der Waals surface area contributed by atoms with E-state index in [0.29, 0.717) is 13.0 Å². The fraction of sp³-hybridized carbons (Fsp3) is 0.500. The van der Waals surface area contributed by atoms with Crippen LogP contribution in [0.3, 0.4) is 0 Å². The molecule has 1 aromatic rings. The summed E-state index contributed by atoms with van der Waals surface area (Å²) < 4.78 is 5.22. The van der Waals surface area contributed by atoms with E-state index >= 15 is 0 Å².